The van der Waals surface area contributed by atoms with Crippen molar-refractivity contribution in [3.05, 3.63) is 34.9 Å². The first-order valence-corrected chi connectivity index (χ1v) is 8.12. The first-order valence-electron chi connectivity index (χ1n) is 8.12. The van der Waals surface area contributed by atoms with E-state index in [-0.39, 0.29) is 18.4 Å². The molecule has 1 aliphatic rings. The lowest BCUT2D eigenvalue weighted by Gasteiger charge is -2.26. The van der Waals surface area contributed by atoms with Crippen LogP contribution in [0.2, 0.25) is 0 Å². The highest BCUT2D eigenvalue weighted by Gasteiger charge is 2.37. The second-order valence-corrected chi connectivity index (χ2v) is 6.09. The fraction of sp³-hybridized carbons (Fsp3) is 0.556. The molecule has 1 fully saturated rings. The van der Waals surface area contributed by atoms with Crippen LogP contribution in [0.1, 0.15) is 37.0 Å². The number of amides is 1. The molecule has 5 nitrogen and oxygen atoms in total. The molecule has 0 radical (unpaired) electrons. The number of likely N-dealkylation sites (tertiary alicyclic amines) is 1. The van der Waals surface area contributed by atoms with Crippen LogP contribution >= 0.6 is 0 Å². The number of rotatable bonds is 4. The zero-order chi connectivity index (χ0) is 17.0. The van der Waals surface area contributed by atoms with Crippen LogP contribution in [0.25, 0.3) is 0 Å². The monoisotopic (exact) mass is 319 g/mol. The highest BCUT2D eigenvalue weighted by Crippen LogP contribution is 2.27. The van der Waals surface area contributed by atoms with Crippen molar-refractivity contribution in [2.24, 2.45) is 5.92 Å². The van der Waals surface area contributed by atoms with Gasteiger partial charge in [-0.3, -0.25) is 4.79 Å². The molecule has 1 saturated heterocycles. The highest BCUT2D eigenvalue weighted by molar-refractivity contribution is 5.80. The van der Waals surface area contributed by atoms with E-state index in [4.69, 9.17) is 9.47 Å². The second-order valence-electron chi connectivity index (χ2n) is 6.09. The van der Waals surface area contributed by atoms with Crippen molar-refractivity contribution in [1.29, 1.82) is 0 Å². The molecule has 1 aliphatic heterocycles. The lowest BCUT2D eigenvalue weighted by Crippen LogP contribution is -2.41. The summed E-state index contributed by atoms with van der Waals surface area (Å²) in [6.07, 6.45) is -0.0989. The van der Waals surface area contributed by atoms with Crippen molar-refractivity contribution in [2.75, 3.05) is 13.2 Å². The van der Waals surface area contributed by atoms with Crippen molar-refractivity contribution < 1.29 is 19.1 Å². The third-order valence-electron chi connectivity index (χ3n) is 4.39. The standard InChI is InChI=1S/C18H25NO4/c1-5-22-18(21)23-17-14(4)9-10-19(17)16(20)11-15-12(2)7-6-8-13(15)3/h6-8,14,17H,5,9-11H2,1-4H3. The largest absolute Gasteiger partial charge is 0.510 e. The molecule has 1 aromatic carbocycles. The van der Waals surface area contributed by atoms with Crippen LogP contribution in [0.5, 0.6) is 0 Å². The first-order chi connectivity index (χ1) is 10.9. The number of nitrogens with zero attached hydrogens (tertiary/aromatic N) is 1. The van der Waals surface area contributed by atoms with Crippen molar-refractivity contribution in [1.82, 2.24) is 4.90 Å². The van der Waals surface area contributed by atoms with E-state index in [0.29, 0.717) is 13.0 Å². The fourth-order valence-corrected chi connectivity index (χ4v) is 3.00. The number of carbonyl (C=O) groups is 2. The van der Waals surface area contributed by atoms with Gasteiger partial charge in [-0.05, 0) is 43.9 Å². The number of ether oxygens (including phenoxy) is 2. The Morgan fingerprint density at radius 1 is 1.26 bits per heavy atom. The Bertz CT molecular complexity index is 564. The molecule has 0 saturated carbocycles. The molecule has 2 atom stereocenters. The summed E-state index contributed by atoms with van der Waals surface area (Å²) in [7, 11) is 0. The highest BCUT2D eigenvalue weighted by atomic mass is 16.7. The van der Waals surface area contributed by atoms with Crippen LogP contribution in [-0.4, -0.2) is 36.3 Å². The van der Waals surface area contributed by atoms with Crippen molar-refractivity contribution in [2.45, 2.75) is 46.8 Å². The smallest absolute Gasteiger partial charge is 0.435 e. The predicted octanol–water partition coefficient (Wildman–Crippen LogP) is 3.21. The summed E-state index contributed by atoms with van der Waals surface area (Å²) in [4.78, 5) is 26.0. The SMILES string of the molecule is CCOC(=O)OC1C(C)CCN1C(=O)Cc1c(C)cccc1C. The summed E-state index contributed by atoms with van der Waals surface area (Å²) in [5.74, 6) is 0.0994. The number of carbonyl (C=O) groups excluding carboxylic acids is 2. The molecule has 0 aliphatic carbocycles. The van der Waals surface area contributed by atoms with E-state index in [0.717, 1.165) is 23.1 Å². The molecule has 0 N–H and O–H groups in total. The Kier molecular flexibility index (Phi) is 5.64. The maximum absolute atomic E-state index is 12.7. The fourth-order valence-electron chi connectivity index (χ4n) is 3.00. The Hall–Kier alpha value is -2.04. The van der Waals surface area contributed by atoms with E-state index in [2.05, 4.69) is 0 Å². The lowest BCUT2D eigenvalue weighted by atomic mass is 9.99. The molecule has 2 rings (SSSR count). The number of benzene rings is 1. The summed E-state index contributed by atoms with van der Waals surface area (Å²) in [5, 5.41) is 0. The Morgan fingerprint density at radius 3 is 2.52 bits per heavy atom. The molecule has 23 heavy (non-hydrogen) atoms. The quantitative estimate of drug-likeness (QED) is 0.800. The number of aryl methyl sites for hydroxylation is 2. The molecule has 126 valence electrons. The molecule has 1 aromatic rings. The van der Waals surface area contributed by atoms with E-state index < -0.39 is 12.4 Å². The maximum Gasteiger partial charge on any atom is 0.510 e. The van der Waals surface area contributed by atoms with Crippen molar-refractivity contribution >= 4 is 12.1 Å². The van der Waals surface area contributed by atoms with E-state index in [1.54, 1.807) is 11.8 Å². The minimum atomic E-state index is -0.712. The normalized spacial score (nSPS) is 20.4. The van der Waals surface area contributed by atoms with Gasteiger partial charge in [0.15, 0.2) is 6.23 Å². The molecule has 5 heteroatoms. The molecule has 1 heterocycles. The van der Waals surface area contributed by atoms with Crippen LogP contribution in [0, 0.1) is 19.8 Å². The number of hydrogen-bond acceptors (Lipinski definition) is 4. The first kappa shape index (κ1) is 17.3. The Balaban J connectivity index is 2.09. The zero-order valence-corrected chi connectivity index (χ0v) is 14.3. The van der Waals surface area contributed by atoms with Gasteiger partial charge in [0.25, 0.3) is 0 Å². The van der Waals surface area contributed by atoms with Crippen LogP contribution in [0.3, 0.4) is 0 Å². The van der Waals surface area contributed by atoms with Gasteiger partial charge in [-0.25, -0.2) is 4.79 Å². The van der Waals surface area contributed by atoms with Crippen molar-refractivity contribution in [3.63, 3.8) is 0 Å². The Labute approximate surface area is 137 Å². The number of hydrogen-bond donors (Lipinski definition) is 0. The van der Waals surface area contributed by atoms with Gasteiger partial charge < -0.3 is 14.4 Å². The summed E-state index contributed by atoms with van der Waals surface area (Å²) in [6, 6.07) is 6.01. The van der Waals surface area contributed by atoms with E-state index in [1.807, 2.05) is 39.0 Å². The minimum Gasteiger partial charge on any atom is -0.435 e. The average Bonchev–Trinajstić information content (AvgIpc) is 2.84. The molecular formula is C18H25NO4. The summed E-state index contributed by atoms with van der Waals surface area (Å²) < 4.78 is 10.2. The van der Waals surface area contributed by atoms with Gasteiger partial charge in [0.2, 0.25) is 5.91 Å². The van der Waals surface area contributed by atoms with Gasteiger partial charge >= 0.3 is 6.16 Å². The van der Waals surface area contributed by atoms with Gasteiger partial charge in [-0.15, -0.1) is 0 Å². The summed E-state index contributed by atoms with van der Waals surface area (Å²) >= 11 is 0. The topological polar surface area (TPSA) is 55.8 Å². The van der Waals surface area contributed by atoms with Crippen LogP contribution in [0.4, 0.5) is 4.79 Å². The van der Waals surface area contributed by atoms with Gasteiger partial charge in [0.05, 0.1) is 13.0 Å². The predicted molar refractivity (Wildman–Crippen MR) is 87.0 cm³/mol. The minimum absolute atomic E-state index is 0.0129. The maximum atomic E-state index is 12.7. The Morgan fingerprint density at radius 2 is 1.91 bits per heavy atom. The van der Waals surface area contributed by atoms with E-state index in [1.165, 1.54) is 0 Å². The van der Waals surface area contributed by atoms with E-state index in [9.17, 15) is 9.59 Å². The molecule has 1 amide bonds. The molecule has 0 bridgehead atoms. The van der Waals surface area contributed by atoms with E-state index >= 15 is 0 Å². The summed E-state index contributed by atoms with van der Waals surface area (Å²) in [5.41, 5.74) is 3.26. The third kappa shape index (κ3) is 4.03. The van der Waals surface area contributed by atoms with Crippen molar-refractivity contribution in [3.8, 4) is 0 Å². The van der Waals surface area contributed by atoms with Gasteiger partial charge in [-0.1, -0.05) is 25.1 Å². The average molecular weight is 319 g/mol. The molecule has 0 aromatic heterocycles. The van der Waals surface area contributed by atoms with Gasteiger partial charge in [0.1, 0.15) is 0 Å². The van der Waals surface area contributed by atoms with Crippen LogP contribution in [-0.2, 0) is 20.7 Å². The van der Waals surface area contributed by atoms with Crippen LogP contribution < -0.4 is 0 Å². The van der Waals surface area contributed by atoms with Gasteiger partial charge in [-0.2, -0.15) is 0 Å². The third-order valence-corrected chi connectivity index (χ3v) is 4.39. The molecular weight excluding hydrogens is 294 g/mol. The zero-order valence-electron chi connectivity index (χ0n) is 14.3. The molecule has 2 unspecified atom stereocenters. The lowest BCUT2D eigenvalue weighted by molar-refractivity contribution is -0.140. The summed E-state index contributed by atoms with van der Waals surface area (Å²) in [6.45, 7) is 8.59. The van der Waals surface area contributed by atoms with Gasteiger partial charge in [0, 0.05) is 12.5 Å². The van der Waals surface area contributed by atoms with Crippen LogP contribution in [0.15, 0.2) is 18.2 Å². The molecule has 0 spiro atoms. The second kappa shape index (κ2) is 7.49.